The summed E-state index contributed by atoms with van der Waals surface area (Å²) < 4.78 is 0. The first-order valence-electron chi connectivity index (χ1n) is 4.91. The maximum absolute atomic E-state index is 11.7. The van der Waals surface area contributed by atoms with E-state index in [0.29, 0.717) is 17.1 Å². The predicted molar refractivity (Wildman–Crippen MR) is 70.1 cm³/mol. The Kier molecular flexibility index (Phi) is 3.95. The fourth-order valence-corrected chi connectivity index (χ4v) is 2.10. The summed E-state index contributed by atoms with van der Waals surface area (Å²) in [5.41, 5.74) is 7.34. The number of anilines is 2. The van der Waals surface area contributed by atoms with Crippen molar-refractivity contribution < 1.29 is 4.79 Å². The van der Waals surface area contributed by atoms with Crippen LogP contribution in [0.4, 0.5) is 10.7 Å². The Balaban J connectivity index is 2.81. The second-order valence-electron chi connectivity index (χ2n) is 3.91. The van der Waals surface area contributed by atoms with Crippen molar-refractivity contribution in [3.05, 3.63) is 23.1 Å². The van der Waals surface area contributed by atoms with E-state index in [-0.39, 0.29) is 5.91 Å². The van der Waals surface area contributed by atoms with E-state index < -0.39 is 0 Å². The highest BCUT2D eigenvalue weighted by Crippen LogP contribution is 2.29. The number of hydrogen-bond donors (Lipinski definition) is 2. The Morgan fingerprint density at radius 3 is 2.75 bits per heavy atom. The standard InChI is InChI=1S/C11H17N3OS/c1-7(2)6-13-9-5-8(12)10(16-9)11(15)14(3)4/h5,13H,1,6,12H2,2-4H3. The van der Waals surface area contributed by atoms with Crippen LogP contribution in [0.3, 0.4) is 0 Å². The quantitative estimate of drug-likeness (QED) is 0.790. The molecule has 0 radical (unpaired) electrons. The smallest absolute Gasteiger partial charge is 0.265 e. The van der Waals surface area contributed by atoms with E-state index in [0.717, 1.165) is 10.6 Å². The first-order chi connectivity index (χ1) is 7.41. The monoisotopic (exact) mass is 239 g/mol. The Hall–Kier alpha value is -1.49. The predicted octanol–water partition coefficient (Wildman–Crippen LogP) is 2.02. The molecule has 5 heteroatoms. The second-order valence-corrected chi connectivity index (χ2v) is 4.96. The molecule has 0 atom stereocenters. The number of nitrogens with zero attached hydrogens (tertiary/aromatic N) is 1. The van der Waals surface area contributed by atoms with Gasteiger partial charge in [-0.05, 0) is 13.0 Å². The summed E-state index contributed by atoms with van der Waals surface area (Å²) in [7, 11) is 3.42. The third-order valence-electron chi connectivity index (χ3n) is 1.93. The van der Waals surface area contributed by atoms with Gasteiger partial charge < -0.3 is 16.0 Å². The van der Waals surface area contributed by atoms with Crippen LogP contribution in [0.2, 0.25) is 0 Å². The average Bonchev–Trinajstić information content (AvgIpc) is 2.55. The summed E-state index contributed by atoms with van der Waals surface area (Å²) in [6, 6.07) is 1.78. The maximum atomic E-state index is 11.7. The summed E-state index contributed by atoms with van der Waals surface area (Å²) in [6.07, 6.45) is 0. The molecule has 0 aliphatic heterocycles. The van der Waals surface area contributed by atoms with Crippen LogP contribution >= 0.6 is 11.3 Å². The molecule has 0 saturated carbocycles. The van der Waals surface area contributed by atoms with Gasteiger partial charge in [0.15, 0.2) is 0 Å². The number of carbonyl (C=O) groups is 1. The topological polar surface area (TPSA) is 58.4 Å². The van der Waals surface area contributed by atoms with Crippen molar-refractivity contribution in [2.45, 2.75) is 6.92 Å². The number of rotatable bonds is 4. The number of nitrogens with two attached hydrogens (primary N) is 1. The lowest BCUT2D eigenvalue weighted by atomic mass is 10.3. The van der Waals surface area contributed by atoms with Gasteiger partial charge in [0.25, 0.3) is 5.91 Å². The van der Waals surface area contributed by atoms with Crippen molar-refractivity contribution in [3.63, 3.8) is 0 Å². The first-order valence-corrected chi connectivity index (χ1v) is 5.72. The molecule has 0 aliphatic carbocycles. The second kappa shape index (κ2) is 5.03. The molecular weight excluding hydrogens is 222 g/mol. The lowest BCUT2D eigenvalue weighted by Crippen LogP contribution is -2.21. The summed E-state index contributed by atoms with van der Waals surface area (Å²) in [4.78, 5) is 13.8. The molecule has 0 aliphatic rings. The van der Waals surface area contributed by atoms with Gasteiger partial charge in [-0.3, -0.25) is 4.79 Å². The molecule has 0 aromatic carbocycles. The van der Waals surface area contributed by atoms with Crippen LogP contribution in [0, 0.1) is 0 Å². The molecule has 4 nitrogen and oxygen atoms in total. The maximum Gasteiger partial charge on any atom is 0.265 e. The highest BCUT2D eigenvalue weighted by Gasteiger charge is 2.15. The molecule has 1 aromatic heterocycles. The van der Waals surface area contributed by atoms with Crippen LogP contribution in [0.25, 0.3) is 0 Å². The van der Waals surface area contributed by atoms with Gasteiger partial charge in [0.1, 0.15) is 4.88 Å². The Morgan fingerprint density at radius 2 is 2.25 bits per heavy atom. The molecule has 0 saturated heterocycles. The Morgan fingerprint density at radius 1 is 1.62 bits per heavy atom. The van der Waals surface area contributed by atoms with Gasteiger partial charge in [-0.1, -0.05) is 12.2 Å². The molecule has 88 valence electrons. The van der Waals surface area contributed by atoms with Gasteiger partial charge in [0.2, 0.25) is 0 Å². The number of amides is 1. The third kappa shape index (κ3) is 3.00. The molecule has 1 heterocycles. The van der Waals surface area contributed by atoms with Crippen molar-refractivity contribution in [1.29, 1.82) is 0 Å². The SMILES string of the molecule is C=C(C)CNc1cc(N)c(C(=O)N(C)C)s1. The molecule has 0 fully saturated rings. The largest absolute Gasteiger partial charge is 0.397 e. The Labute approximate surface area is 99.7 Å². The van der Waals surface area contributed by atoms with E-state index in [4.69, 9.17) is 5.73 Å². The number of nitrogen functional groups attached to an aromatic ring is 1. The highest BCUT2D eigenvalue weighted by molar-refractivity contribution is 7.18. The van der Waals surface area contributed by atoms with E-state index in [1.807, 2.05) is 6.92 Å². The van der Waals surface area contributed by atoms with Crippen molar-refractivity contribution in [2.75, 3.05) is 31.7 Å². The molecule has 1 rings (SSSR count). The van der Waals surface area contributed by atoms with E-state index in [1.165, 1.54) is 16.2 Å². The lowest BCUT2D eigenvalue weighted by molar-refractivity contribution is 0.0833. The molecule has 1 amide bonds. The summed E-state index contributed by atoms with van der Waals surface area (Å²) in [5, 5.41) is 4.06. The van der Waals surface area contributed by atoms with Crippen LogP contribution in [-0.2, 0) is 0 Å². The van der Waals surface area contributed by atoms with Crippen LogP contribution < -0.4 is 11.1 Å². The molecule has 1 aromatic rings. The minimum absolute atomic E-state index is 0.0640. The van der Waals surface area contributed by atoms with Crippen molar-refractivity contribution in [3.8, 4) is 0 Å². The fourth-order valence-electron chi connectivity index (χ4n) is 1.10. The minimum Gasteiger partial charge on any atom is -0.397 e. The van der Waals surface area contributed by atoms with Gasteiger partial charge in [-0.25, -0.2) is 0 Å². The zero-order valence-electron chi connectivity index (χ0n) is 9.83. The van der Waals surface area contributed by atoms with Crippen molar-refractivity contribution in [2.24, 2.45) is 0 Å². The zero-order valence-corrected chi connectivity index (χ0v) is 10.6. The van der Waals surface area contributed by atoms with Gasteiger partial charge in [0.05, 0.1) is 10.7 Å². The molecule has 0 unspecified atom stereocenters. The van der Waals surface area contributed by atoms with Gasteiger partial charge in [0, 0.05) is 20.6 Å². The molecule has 0 bridgehead atoms. The van der Waals surface area contributed by atoms with E-state index in [2.05, 4.69) is 11.9 Å². The van der Waals surface area contributed by atoms with Gasteiger partial charge in [-0.15, -0.1) is 11.3 Å². The molecule has 0 spiro atoms. The normalized spacial score (nSPS) is 9.94. The minimum atomic E-state index is -0.0640. The number of thiophene rings is 1. The number of carbonyl (C=O) groups excluding carboxylic acids is 1. The fraction of sp³-hybridized carbons (Fsp3) is 0.364. The highest BCUT2D eigenvalue weighted by atomic mass is 32.1. The summed E-state index contributed by atoms with van der Waals surface area (Å²) in [6.45, 7) is 6.43. The van der Waals surface area contributed by atoms with E-state index in [1.54, 1.807) is 20.2 Å². The van der Waals surface area contributed by atoms with Gasteiger partial charge in [-0.2, -0.15) is 0 Å². The van der Waals surface area contributed by atoms with Gasteiger partial charge >= 0.3 is 0 Å². The third-order valence-corrected chi connectivity index (χ3v) is 3.02. The molecule has 16 heavy (non-hydrogen) atoms. The number of nitrogens with one attached hydrogen (secondary N) is 1. The summed E-state index contributed by atoms with van der Waals surface area (Å²) in [5.74, 6) is -0.0640. The van der Waals surface area contributed by atoms with Crippen molar-refractivity contribution in [1.82, 2.24) is 4.90 Å². The van der Waals surface area contributed by atoms with Crippen LogP contribution in [0.15, 0.2) is 18.2 Å². The van der Waals surface area contributed by atoms with Crippen LogP contribution in [-0.4, -0.2) is 31.4 Å². The average molecular weight is 239 g/mol. The lowest BCUT2D eigenvalue weighted by Gasteiger charge is -2.08. The number of hydrogen-bond acceptors (Lipinski definition) is 4. The molecule has 3 N–H and O–H groups in total. The molecular formula is C11H17N3OS. The van der Waals surface area contributed by atoms with Crippen LogP contribution in [0.5, 0.6) is 0 Å². The summed E-state index contributed by atoms with van der Waals surface area (Å²) >= 11 is 1.37. The first kappa shape index (κ1) is 12.6. The van der Waals surface area contributed by atoms with Crippen LogP contribution in [0.1, 0.15) is 16.6 Å². The van der Waals surface area contributed by atoms with E-state index in [9.17, 15) is 4.79 Å². The Bertz CT molecular complexity index is 409. The van der Waals surface area contributed by atoms with E-state index >= 15 is 0 Å². The zero-order chi connectivity index (χ0) is 12.3. The van der Waals surface area contributed by atoms with Crippen molar-refractivity contribution >= 4 is 27.9 Å².